The molecular weight excluding hydrogens is 379 g/mol. The van der Waals surface area contributed by atoms with Crippen molar-refractivity contribution < 1.29 is 9.18 Å². The number of carbonyl (C=O) groups is 1. The Morgan fingerprint density at radius 1 is 1.00 bits per heavy atom. The number of hydrogen-bond donors (Lipinski definition) is 1. The van der Waals surface area contributed by atoms with E-state index in [1.54, 1.807) is 17.0 Å². The number of amides is 2. The van der Waals surface area contributed by atoms with Crippen LogP contribution in [0.15, 0.2) is 48.5 Å². The van der Waals surface area contributed by atoms with Gasteiger partial charge in [0.25, 0.3) is 0 Å². The Balaban J connectivity index is 1.45. The lowest BCUT2D eigenvalue weighted by atomic mass is 10.1. The Bertz CT molecular complexity index is 910. The third kappa shape index (κ3) is 4.15. The molecule has 1 N–H and O–H groups in total. The van der Waals surface area contributed by atoms with Crippen LogP contribution in [0.2, 0.25) is 0 Å². The van der Waals surface area contributed by atoms with Gasteiger partial charge >= 0.3 is 6.03 Å². The van der Waals surface area contributed by atoms with Crippen molar-refractivity contribution in [3.05, 3.63) is 54.3 Å². The molecule has 0 unspecified atom stereocenters. The molecule has 2 aromatic rings. The topological polar surface area (TPSA) is 38.8 Å². The van der Waals surface area contributed by atoms with Crippen LogP contribution in [0.5, 0.6) is 0 Å². The molecule has 5 nitrogen and oxygen atoms in total. The van der Waals surface area contributed by atoms with Crippen LogP contribution in [0, 0.1) is 11.7 Å². The minimum atomic E-state index is -0.255. The van der Waals surface area contributed by atoms with E-state index in [2.05, 4.69) is 31.0 Å². The summed E-state index contributed by atoms with van der Waals surface area (Å²) in [4.78, 5) is 19.2. The second kappa shape index (κ2) is 8.26. The molecule has 1 atom stereocenters. The fourth-order valence-corrected chi connectivity index (χ4v) is 4.43. The maximum absolute atomic E-state index is 14.4. The molecule has 30 heavy (non-hydrogen) atoms. The summed E-state index contributed by atoms with van der Waals surface area (Å²) in [6.45, 7) is 10.5. The molecule has 2 aliphatic rings. The summed E-state index contributed by atoms with van der Waals surface area (Å²) in [5, 5.41) is 3.14. The average Bonchev–Trinajstić information content (AvgIpc) is 3.21. The fraction of sp³-hybridized carbons (Fsp3) is 0.458. The largest absolute Gasteiger partial charge is 0.337 e. The van der Waals surface area contributed by atoms with E-state index in [1.165, 1.54) is 6.07 Å². The van der Waals surface area contributed by atoms with E-state index in [1.807, 2.05) is 35.2 Å². The first-order valence-corrected chi connectivity index (χ1v) is 10.8. The van der Waals surface area contributed by atoms with Crippen molar-refractivity contribution in [1.29, 1.82) is 0 Å². The van der Waals surface area contributed by atoms with Crippen LogP contribution in [-0.4, -0.2) is 49.2 Å². The number of carbonyl (C=O) groups excluding carboxylic acids is 1. The highest BCUT2D eigenvalue weighted by molar-refractivity contribution is 5.97. The van der Waals surface area contributed by atoms with Crippen LogP contribution >= 0.6 is 0 Å². The molecule has 2 amide bonds. The van der Waals surface area contributed by atoms with Gasteiger partial charge in [-0.25, -0.2) is 9.18 Å². The van der Waals surface area contributed by atoms with E-state index in [9.17, 15) is 9.18 Å². The van der Waals surface area contributed by atoms with E-state index in [0.717, 1.165) is 30.9 Å². The van der Waals surface area contributed by atoms with E-state index < -0.39 is 0 Å². The minimum Gasteiger partial charge on any atom is -0.337 e. The number of urea groups is 1. The number of nitrogens with zero attached hydrogens (tertiary/aromatic N) is 3. The molecule has 0 saturated carbocycles. The molecule has 1 saturated heterocycles. The quantitative estimate of drug-likeness (QED) is 0.803. The molecule has 1 fully saturated rings. The number of likely N-dealkylation sites (tertiary alicyclic amines) is 1. The third-order valence-corrected chi connectivity index (χ3v) is 6.18. The lowest BCUT2D eigenvalue weighted by Gasteiger charge is -2.38. The van der Waals surface area contributed by atoms with Crippen molar-refractivity contribution in [3.63, 3.8) is 0 Å². The lowest BCUT2D eigenvalue weighted by Crippen LogP contribution is -2.48. The standard InChI is InChI=1S/C24H31FN4O/c1-24(2,3)27-13-12-18(17-27)16-26-23(30)29-15-14-28(20-9-5-4-8-19(20)25)21-10-6-7-11-22(21)29/h4-11,18H,12-17H2,1-3H3,(H,26,30)/t18-/m1/s1. The number of rotatable bonds is 3. The number of benzene rings is 2. The third-order valence-electron chi connectivity index (χ3n) is 6.18. The van der Waals surface area contributed by atoms with Crippen molar-refractivity contribution in [2.24, 2.45) is 5.92 Å². The number of para-hydroxylation sites is 3. The number of anilines is 3. The van der Waals surface area contributed by atoms with Crippen LogP contribution in [-0.2, 0) is 0 Å². The maximum atomic E-state index is 14.4. The second-order valence-corrected chi connectivity index (χ2v) is 9.20. The van der Waals surface area contributed by atoms with Gasteiger partial charge in [-0.3, -0.25) is 9.80 Å². The molecule has 2 aromatic carbocycles. The summed E-state index contributed by atoms with van der Waals surface area (Å²) in [7, 11) is 0. The van der Waals surface area contributed by atoms with Gasteiger partial charge in [0.2, 0.25) is 0 Å². The molecule has 2 heterocycles. The minimum absolute atomic E-state index is 0.0788. The molecule has 160 valence electrons. The monoisotopic (exact) mass is 410 g/mol. The normalized spacial score (nSPS) is 19.7. The Labute approximate surface area is 178 Å². The zero-order valence-electron chi connectivity index (χ0n) is 18.1. The number of halogens is 1. The number of nitrogens with one attached hydrogen (secondary N) is 1. The predicted molar refractivity (Wildman–Crippen MR) is 120 cm³/mol. The molecule has 6 heteroatoms. The maximum Gasteiger partial charge on any atom is 0.322 e. The summed E-state index contributed by atoms with van der Waals surface area (Å²) in [5.41, 5.74) is 2.37. The lowest BCUT2D eigenvalue weighted by molar-refractivity contribution is 0.168. The van der Waals surface area contributed by atoms with E-state index in [0.29, 0.717) is 31.2 Å². The van der Waals surface area contributed by atoms with E-state index in [-0.39, 0.29) is 17.4 Å². The second-order valence-electron chi connectivity index (χ2n) is 9.20. The predicted octanol–water partition coefficient (Wildman–Crippen LogP) is 4.61. The number of hydrogen-bond acceptors (Lipinski definition) is 3. The van der Waals surface area contributed by atoms with Crippen molar-refractivity contribution in [2.75, 3.05) is 42.5 Å². The van der Waals surface area contributed by atoms with Gasteiger partial charge in [-0.05, 0) is 63.9 Å². The van der Waals surface area contributed by atoms with Gasteiger partial charge in [-0.1, -0.05) is 24.3 Å². The zero-order chi connectivity index (χ0) is 21.3. The van der Waals surface area contributed by atoms with Gasteiger partial charge in [0, 0.05) is 31.7 Å². The summed E-state index contributed by atoms with van der Waals surface area (Å²) in [5.74, 6) is 0.220. The number of fused-ring (bicyclic) bond motifs is 1. The van der Waals surface area contributed by atoms with Gasteiger partial charge in [-0.2, -0.15) is 0 Å². The summed E-state index contributed by atoms with van der Waals surface area (Å²) >= 11 is 0. The molecular formula is C24H31FN4O. The van der Waals surface area contributed by atoms with Gasteiger partial charge in [0.05, 0.1) is 17.1 Å². The molecule has 0 spiro atoms. The van der Waals surface area contributed by atoms with Crippen LogP contribution in [0.4, 0.5) is 26.2 Å². The Morgan fingerprint density at radius 3 is 2.33 bits per heavy atom. The fourth-order valence-electron chi connectivity index (χ4n) is 4.43. The SMILES string of the molecule is CC(C)(C)N1CC[C@H](CNC(=O)N2CCN(c3ccccc3F)c3ccccc32)C1. The van der Waals surface area contributed by atoms with Gasteiger partial charge < -0.3 is 10.2 Å². The molecule has 4 rings (SSSR count). The van der Waals surface area contributed by atoms with Gasteiger partial charge in [0.1, 0.15) is 5.82 Å². The molecule has 0 aliphatic carbocycles. The van der Waals surface area contributed by atoms with Crippen molar-refractivity contribution in [2.45, 2.75) is 32.7 Å². The molecule has 0 aromatic heterocycles. The molecule has 0 radical (unpaired) electrons. The zero-order valence-corrected chi connectivity index (χ0v) is 18.1. The van der Waals surface area contributed by atoms with Gasteiger partial charge in [0.15, 0.2) is 0 Å². The van der Waals surface area contributed by atoms with E-state index >= 15 is 0 Å². The summed E-state index contributed by atoms with van der Waals surface area (Å²) < 4.78 is 14.4. The van der Waals surface area contributed by atoms with E-state index in [4.69, 9.17) is 0 Å². The van der Waals surface area contributed by atoms with Crippen LogP contribution in [0.3, 0.4) is 0 Å². The highest BCUT2D eigenvalue weighted by atomic mass is 19.1. The van der Waals surface area contributed by atoms with Crippen LogP contribution < -0.4 is 15.1 Å². The Hall–Kier alpha value is -2.60. The Morgan fingerprint density at radius 2 is 1.67 bits per heavy atom. The highest BCUT2D eigenvalue weighted by Crippen LogP contribution is 2.38. The smallest absolute Gasteiger partial charge is 0.322 e. The Kier molecular flexibility index (Phi) is 5.69. The average molecular weight is 411 g/mol. The van der Waals surface area contributed by atoms with Crippen LogP contribution in [0.1, 0.15) is 27.2 Å². The van der Waals surface area contributed by atoms with Crippen molar-refractivity contribution in [3.8, 4) is 0 Å². The first-order valence-electron chi connectivity index (χ1n) is 10.8. The highest BCUT2D eigenvalue weighted by Gasteiger charge is 2.32. The van der Waals surface area contributed by atoms with Gasteiger partial charge in [-0.15, -0.1) is 0 Å². The molecule has 2 aliphatic heterocycles. The summed E-state index contributed by atoms with van der Waals surface area (Å²) in [6, 6.07) is 14.4. The summed E-state index contributed by atoms with van der Waals surface area (Å²) in [6.07, 6.45) is 1.11. The van der Waals surface area contributed by atoms with Crippen molar-refractivity contribution in [1.82, 2.24) is 10.2 Å². The first-order chi connectivity index (χ1) is 14.3. The van der Waals surface area contributed by atoms with Crippen molar-refractivity contribution >= 4 is 23.1 Å². The van der Waals surface area contributed by atoms with Crippen LogP contribution in [0.25, 0.3) is 0 Å². The first kappa shape index (κ1) is 20.7. The molecule has 0 bridgehead atoms.